The van der Waals surface area contributed by atoms with Crippen LogP contribution in [-0.4, -0.2) is 33.6 Å². The first-order valence-corrected chi connectivity index (χ1v) is 11.6. The van der Waals surface area contributed by atoms with E-state index in [0.717, 1.165) is 18.4 Å². The van der Waals surface area contributed by atoms with Crippen LogP contribution in [0, 0.1) is 13.8 Å². The predicted molar refractivity (Wildman–Crippen MR) is 127 cm³/mol. The van der Waals surface area contributed by atoms with Crippen LogP contribution in [0.4, 0.5) is 5.13 Å². The Labute approximate surface area is 196 Å². The van der Waals surface area contributed by atoms with E-state index >= 15 is 0 Å². The molecule has 0 bridgehead atoms. The van der Waals surface area contributed by atoms with Crippen LogP contribution < -0.4 is 9.64 Å². The van der Waals surface area contributed by atoms with Crippen molar-refractivity contribution in [3.63, 3.8) is 0 Å². The number of anilines is 1. The molecular formula is C25H25N3O4S. The van der Waals surface area contributed by atoms with Crippen molar-refractivity contribution < 1.29 is 19.4 Å². The molecule has 2 aromatic carbocycles. The van der Waals surface area contributed by atoms with Gasteiger partial charge >= 0.3 is 5.91 Å². The lowest BCUT2D eigenvalue weighted by Crippen LogP contribution is -2.29. The van der Waals surface area contributed by atoms with Crippen molar-refractivity contribution >= 4 is 33.9 Å². The molecule has 33 heavy (non-hydrogen) atoms. The van der Waals surface area contributed by atoms with Crippen molar-refractivity contribution in [1.82, 2.24) is 10.2 Å². The molecule has 1 aliphatic rings. The van der Waals surface area contributed by atoms with Gasteiger partial charge in [0.15, 0.2) is 0 Å². The second-order valence-electron chi connectivity index (χ2n) is 7.91. The van der Waals surface area contributed by atoms with Crippen LogP contribution in [-0.2, 0) is 9.59 Å². The van der Waals surface area contributed by atoms with Crippen LogP contribution in [0.2, 0.25) is 0 Å². The van der Waals surface area contributed by atoms with Gasteiger partial charge in [-0.3, -0.25) is 14.5 Å². The van der Waals surface area contributed by atoms with E-state index in [1.807, 2.05) is 31.2 Å². The first kappa shape index (κ1) is 22.7. The van der Waals surface area contributed by atoms with E-state index in [1.54, 1.807) is 31.2 Å². The molecule has 1 aliphatic heterocycles. The summed E-state index contributed by atoms with van der Waals surface area (Å²) in [6.07, 6.45) is 1.99. The van der Waals surface area contributed by atoms with Crippen LogP contribution in [0.3, 0.4) is 0 Å². The number of nitrogens with zero attached hydrogens (tertiary/aromatic N) is 3. The summed E-state index contributed by atoms with van der Waals surface area (Å²) in [5, 5.41) is 20.3. The maximum absolute atomic E-state index is 13.1. The fourth-order valence-corrected chi connectivity index (χ4v) is 4.39. The number of rotatable bonds is 7. The second kappa shape index (κ2) is 9.54. The minimum absolute atomic E-state index is 0.0244. The van der Waals surface area contributed by atoms with Crippen molar-refractivity contribution in [2.75, 3.05) is 11.5 Å². The number of amides is 1. The Hall–Kier alpha value is -3.52. The van der Waals surface area contributed by atoms with Gasteiger partial charge in [0, 0.05) is 5.56 Å². The smallest absolute Gasteiger partial charge is 0.301 e. The maximum Gasteiger partial charge on any atom is 0.301 e. The van der Waals surface area contributed by atoms with E-state index in [2.05, 4.69) is 17.1 Å². The summed E-state index contributed by atoms with van der Waals surface area (Å²) in [6.45, 7) is 6.44. The number of aliphatic hydroxyl groups excluding tert-OH is 1. The molecule has 7 nitrogen and oxygen atoms in total. The van der Waals surface area contributed by atoms with E-state index < -0.39 is 17.7 Å². The monoisotopic (exact) mass is 463 g/mol. The first-order chi connectivity index (χ1) is 15.9. The molecule has 3 aromatic rings. The molecule has 170 valence electrons. The summed E-state index contributed by atoms with van der Waals surface area (Å²) in [6, 6.07) is 13.6. The van der Waals surface area contributed by atoms with Gasteiger partial charge in [0.1, 0.15) is 16.5 Å². The minimum Gasteiger partial charge on any atom is -0.507 e. The number of ether oxygens (including phenoxy) is 1. The molecule has 2 heterocycles. The first-order valence-electron chi connectivity index (χ1n) is 10.8. The Morgan fingerprint density at radius 1 is 1.06 bits per heavy atom. The van der Waals surface area contributed by atoms with E-state index in [9.17, 15) is 14.7 Å². The van der Waals surface area contributed by atoms with Gasteiger partial charge in [-0.05, 0) is 50.1 Å². The Balaban J connectivity index is 1.78. The van der Waals surface area contributed by atoms with E-state index in [-0.39, 0.29) is 11.3 Å². The minimum atomic E-state index is -0.807. The number of ketones is 1. The van der Waals surface area contributed by atoms with Gasteiger partial charge in [-0.25, -0.2) is 0 Å². The highest BCUT2D eigenvalue weighted by Crippen LogP contribution is 2.43. The summed E-state index contributed by atoms with van der Waals surface area (Å²) >= 11 is 1.22. The number of carbonyl (C=O) groups is 2. The Kier molecular flexibility index (Phi) is 6.55. The molecule has 0 radical (unpaired) electrons. The normalized spacial score (nSPS) is 17.5. The summed E-state index contributed by atoms with van der Waals surface area (Å²) in [5.41, 5.74) is 2.20. The van der Waals surface area contributed by atoms with Gasteiger partial charge in [-0.15, -0.1) is 10.2 Å². The average molecular weight is 464 g/mol. The predicted octanol–water partition coefficient (Wildman–Crippen LogP) is 4.96. The van der Waals surface area contributed by atoms with Crippen LogP contribution in [0.1, 0.15) is 47.5 Å². The number of unbranched alkanes of at least 4 members (excludes halogenated alkanes) is 1. The van der Waals surface area contributed by atoms with Gasteiger partial charge in [0.05, 0.1) is 18.2 Å². The van der Waals surface area contributed by atoms with Crippen LogP contribution >= 0.6 is 11.3 Å². The van der Waals surface area contributed by atoms with E-state index in [4.69, 9.17) is 4.74 Å². The summed E-state index contributed by atoms with van der Waals surface area (Å²) in [4.78, 5) is 27.5. The number of aryl methyl sites for hydroxylation is 2. The lowest BCUT2D eigenvalue weighted by atomic mass is 9.95. The lowest BCUT2D eigenvalue weighted by Gasteiger charge is -2.22. The molecule has 1 amide bonds. The molecule has 0 aliphatic carbocycles. The number of carbonyl (C=O) groups excluding carboxylic acids is 2. The van der Waals surface area contributed by atoms with Crippen molar-refractivity contribution in [3.8, 4) is 5.75 Å². The molecule has 0 spiro atoms. The highest BCUT2D eigenvalue weighted by molar-refractivity contribution is 7.15. The molecule has 1 unspecified atom stereocenters. The summed E-state index contributed by atoms with van der Waals surface area (Å²) in [5.74, 6) is -1.05. The summed E-state index contributed by atoms with van der Waals surface area (Å²) in [7, 11) is 0. The van der Waals surface area contributed by atoms with Crippen molar-refractivity contribution in [2.45, 2.75) is 39.7 Å². The van der Waals surface area contributed by atoms with Crippen molar-refractivity contribution in [1.29, 1.82) is 0 Å². The van der Waals surface area contributed by atoms with Crippen LogP contribution in [0.15, 0.2) is 54.1 Å². The zero-order chi connectivity index (χ0) is 23.5. The standard InChI is InChI=1S/C25H25N3O4S/c1-4-5-14-32-19-12-10-18(11-13-19)22(29)20-21(17-8-6-15(2)7-9-17)28(24(31)23(20)30)25-27-26-16(3)33-25/h6-13,21,29H,4-5,14H2,1-3H3. The van der Waals surface area contributed by atoms with Gasteiger partial charge in [-0.2, -0.15) is 0 Å². The molecule has 1 fully saturated rings. The number of hydrogen-bond acceptors (Lipinski definition) is 7. The largest absolute Gasteiger partial charge is 0.507 e. The third kappa shape index (κ3) is 4.52. The second-order valence-corrected chi connectivity index (χ2v) is 9.07. The third-order valence-electron chi connectivity index (χ3n) is 5.45. The highest BCUT2D eigenvalue weighted by atomic mass is 32.1. The van der Waals surface area contributed by atoms with E-state index in [1.165, 1.54) is 16.2 Å². The molecule has 1 N–H and O–H groups in total. The fraction of sp³-hybridized carbons (Fsp3) is 0.280. The number of Topliss-reactive ketones (excluding diaryl/α,β-unsaturated/α-hetero) is 1. The third-order valence-corrected chi connectivity index (χ3v) is 6.29. The Morgan fingerprint density at radius 2 is 1.76 bits per heavy atom. The molecule has 4 rings (SSSR count). The van der Waals surface area contributed by atoms with Crippen LogP contribution in [0.5, 0.6) is 5.75 Å². The van der Waals surface area contributed by atoms with Crippen molar-refractivity contribution in [3.05, 3.63) is 75.8 Å². The van der Waals surface area contributed by atoms with Crippen LogP contribution in [0.25, 0.3) is 5.76 Å². The highest BCUT2D eigenvalue weighted by Gasteiger charge is 2.48. The molecule has 1 atom stereocenters. The molecule has 1 aromatic heterocycles. The topological polar surface area (TPSA) is 92.6 Å². The van der Waals surface area contributed by atoms with E-state index in [0.29, 0.717) is 33.6 Å². The van der Waals surface area contributed by atoms with Crippen molar-refractivity contribution in [2.24, 2.45) is 0 Å². The average Bonchev–Trinajstić information content (AvgIpc) is 3.35. The quantitative estimate of drug-likeness (QED) is 0.230. The Bertz CT molecular complexity index is 1200. The number of benzene rings is 2. The zero-order valence-electron chi connectivity index (χ0n) is 18.7. The Morgan fingerprint density at radius 3 is 2.36 bits per heavy atom. The van der Waals surface area contributed by atoms with Gasteiger partial charge in [0.25, 0.3) is 5.78 Å². The molecule has 8 heteroatoms. The SMILES string of the molecule is CCCCOc1ccc(C(O)=C2C(=O)C(=O)N(c3nnc(C)s3)C2c2ccc(C)cc2)cc1. The molecule has 0 saturated carbocycles. The molecule has 1 saturated heterocycles. The zero-order valence-corrected chi connectivity index (χ0v) is 19.6. The lowest BCUT2D eigenvalue weighted by molar-refractivity contribution is -0.132. The maximum atomic E-state index is 13.1. The number of hydrogen-bond donors (Lipinski definition) is 1. The van der Waals surface area contributed by atoms with Gasteiger partial charge < -0.3 is 9.84 Å². The summed E-state index contributed by atoms with van der Waals surface area (Å²) < 4.78 is 5.68. The van der Waals surface area contributed by atoms with Gasteiger partial charge in [0.2, 0.25) is 5.13 Å². The van der Waals surface area contributed by atoms with Gasteiger partial charge in [-0.1, -0.05) is 54.5 Å². The number of aromatic nitrogens is 2. The molecular weight excluding hydrogens is 438 g/mol. The fourth-order valence-electron chi connectivity index (χ4n) is 3.68. The number of aliphatic hydroxyl groups is 1.